The second-order valence-electron chi connectivity index (χ2n) is 1.79. The number of hydrogen-bond acceptors (Lipinski definition) is 2. The van der Waals surface area contributed by atoms with E-state index in [1.165, 1.54) is 0 Å². The minimum Gasteiger partial charge on any atom is -0.379 e. The molecule has 2 nitrogen and oxygen atoms in total. The minimum absolute atomic E-state index is 0.711. The molecule has 56 valence electrons. The second-order valence-corrected chi connectivity index (χ2v) is 2.23. The van der Waals surface area contributed by atoms with Crippen LogP contribution < -0.4 is 5.32 Å². The molecule has 0 rings (SSSR count). The lowest BCUT2D eigenvalue weighted by molar-refractivity contribution is 1.20. The fourth-order valence-corrected chi connectivity index (χ4v) is 0.673. The Kier molecular flexibility index (Phi) is 4.76. The van der Waals surface area contributed by atoms with E-state index in [2.05, 4.69) is 10.3 Å². The first kappa shape index (κ1) is 9.30. The number of rotatable bonds is 2. The summed E-state index contributed by atoms with van der Waals surface area (Å²) in [5.41, 5.74) is 0.918. The number of likely N-dealkylation sites (N-methyl/N-ethyl adjacent to an activating group) is 1. The Morgan fingerprint density at radius 2 is 2.20 bits per heavy atom. The third kappa shape index (κ3) is 4.21. The van der Waals surface area contributed by atoms with Crippen molar-refractivity contribution >= 4 is 23.4 Å². The molecule has 1 N–H and O–H groups in total. The van der Waals surface area contributed by atoms with E-state index in [-0.39, 0.29) is 0 Å². The zero-order valence-corrected chi connectivity index (χ0v) is 7.33. The first-order valence-electron chi connectivity index (χ1n) is 3.09. The first-order valence-corrected chi connectivity index (χ1v) is 3.50. The van der Waals surface area contributed by atoms with Gasteiger partial charge in [-0.1, -0.05) is 12.2 Å². The summed E-state index contributed by atoms with van der Waals surface area (Å²) >= 11 is 4.88. The Morgan fingerprint density at radius 3 is 2.60 bits per heavy atom. The number of aliphatic imine (C=N–C) groups is 1. The van der Waals surface area contributed by atoms with Crippen molar-refractivity contribution in [2.24, 2.45) is 4.99 Å². The fraction of sp³-hybridized carbons (Fsp3) is 0.429. The number of thiocarbonyl (C=S) groups is 1. The molecule has 0 aromatic carbocycles. The number of nitrogens with one attached hydrogen (secondary N) is 1. The Hall–Kier alpha value is -0.700. The summed E-state index contributed by atoms with van der Waals surface area (Å²) in [5.74, 6) is 0. The van der Waals surface area contributed by atoms with Crippen LogP contribution in [0.1, 0.15) is 13.8 Å². The summed E-state index contributed by atoms with van der Waals surface area (Å²) in [5, 5.41) is 2.84. The average molecular weight is 156 g/mol. The number of nitrogens with zero attached hydrogens (tertiary/aromatic N) is 1. The molecule has 0 radical (unpaired) electrons. The van der Waals surface area contributed by atoms with Crippen LogP contribution in [0.5, 0.6) is 0 Å². The molecule has 0 saturated carbocycles. The maximum Gasteiger partial charge on any atom is 0.100 e. The van der Waals surface area contributed by atoms with E-state index in [4.69, 9.17) is 12.2 Å². The van der Waals surface area contributed by atoms with Crippen LogP contribution in [0.2, 0.25) is 0 Å². The Balaban J connectivity index is 4.02. The normalized spacial score (nSPS) is 12.1. The summed E-state index contributed by atoms with van der Waals surface area (Å²) in [7, 11) is 1.79. The van der Waals surface area contributed by atoms with E-state index < -0.39 is 0 Å². The van der Waals surface area contributed by atoms with E-state index >= 15 is 0 Å². The van der Waals surface area contributed by atoms with Crippen LogP contribution in [0.15, 0.2) is 16.8 Å². The van der Waals surface area contributed by atoms with Crippen molar-refractivity contribution in [2.45, 2.75) is 13.8 Å². The molecule has 0 unspecified atom stereocenters. The summed E-state index contributed by atoms with van der Waals surface area (Å²) in [4.78, 5) is 4.73. The van der Waals surface area contributed by atoms with Crippen LogP contribution in [-0.2, 0) is 0 Å². The largest absolute Gasteiger partial charge is 0.379 e. The van der Waals surface area contributed by atoms with Gasteiger partial charge < -0.3 is 5.32 Å². The van der Waals surface area contributed by atoms with Crippen molar-refractivity contribution in [1.82, 2.24) is 5.32 Å². The molecule has 0 atom stereocenters. The smallest absolute Gasteiger partial charge is 0.100 e. The first-order chi connectivity index (χ1) is 4.70. The van der Waals surface area contributed by atoms with Gasteiger partial charge in [0.15, 0.2) is 0 Å². The monoisotopic (exact) mass is 156 g/mol. The van der Waals surface area contributed by atoms with E-state index in [1.807, 2.05) is 19.9 Å². The van der Waals surface area contributed by atoms with E-state index in [0.29, 0.717) is 4.99 Å². The molecule has 3 heteroatoms. The van der Waals surface area contributed by atoms with Gasteiger partial charge in [0.2, 0.25) is 0 Å². The highest BCUT2D eigenvalue weighted by Gasteiger charge is 1.85. The molecule has 0 saturated heterocycles. The number of allylic oxidation sites excluding steroid dienone is 1. The van der Waals surface area contributed by atoms with Crippen LogP contribution in [0.4, 0.5) is 0 Å². The molecule has 0 amide bonds. The highest BCUT2D eigenvalue weighted by atomic mass is 32.1. The Morgan fingerprint density at radius 1 is 1.60 bits per heavy atom. The van der Waals surface area contributed by atoms with Crippen molar-refractivity contribution in [1.29, 1.82) is 0 Å². The van der Waals surface area contributed by atoms with Crippen LogP contribution in [0.3, 0.4) is 0 Å². The van der Waals surface area contributed by atoms with Gasteiger partial charge in [-0.2, -0.15) is 0 Å². The van der Waals surface area contributed by atoms with Crippen molar-refractivity contribution in [3.8, 4) is 0 Å². The van der Waals surface area contributed by atoms with Crippen molar-refractivity contribution in [3.63, 3.8) is 0 Å². The molecule has 0 heterocycles. The molecule has 0 aromatic heterocycles. The Bertz CT molecular complexity index is 170. The lowest BCUT2D eigenvalue weighted by atomic mass is 10.4. The quantitative estimate of drug-likeness (QED) is 0.372. The average Bonchev–Trinajstić information content (AvgIpc) is 1.88. The molecular formula is C7H12N2S. The summed E-state index contributed by atoms with van der Waals surface area (Å²) in [6.45, 7) is 3.78. The topological polar surface area (TPSA) is 24.4 Å². The molecule has 0 fully saturated rings. The molecule has 10 heavy (non-hydrogen) atoms. The second kappa shape index (κ2) is 5.11. The summed E-state index contributed by atoms with van der Waals surface area (Å²) in [6.07, 6.45) is 3.56. The van der Waals surface area contributed by atoms with Crippen LogP contribution in [0, 0.1) is 0 Å². The zero-order chi connectivity index (χ0) is 7.98. The molecule has 0 aliphatic heterocycles. The standard InChI is InChI=1S/C7H12N2S/c1-4-9-6(2)5-7(10)8-3/h4-5H,1-3H3,(H,8,10)/b6-5-,9-4?. The molecule has 0 aromatic rings. The van der Waals surface area contributed by atoms with Crippen LogP contribution in [0.25, 0.3) is 0 Å². The molecule has 0 aliphatic carbocycles. The van der Waals surface area contributed by atoms with Gasteiger partial charge in [0, 0.05) is 19.0 Å². The van der Waals surface area contributed by atoms with Gasteiger partial charge in [-0.15, -0.1) is 0 Å². The minimum atomic E-state index is 0.711. The van der Waals surface area contributed by atoms with E-state index in [9.17, 15) is 0 Å². The maximum atomic E-state index is 4.88. The van der Waals surface area contributed by atoms with Crippen molar-refractivity contribution < 1.29 is 0 Å². The zero-order valence-electron chi connectivity index (χ0n) is 6.51. The van der Waals surface area contributed by atoms with Gasteiger partial charge in [-0.05, 0) is 19.9 Å². The lowest BCUT2D eigenvalue weighted by Crippen LogP contribution is -2.12. The highest BCUT2D eigenvalue weighted by Crippen LogP contribution is 1.92. The molecule has 0 bridgehead atoms. The summed E-state index contributed by atoms with van der Waals surface area (Å²) < 4.78 is 0. The van der Waals surface area contributed by atoms with Gasteiger partial charge in [0.05, 0.1) is 0 Å². The van der Waals surface area contributed by atoms with Gasteiger partial charge in [-0.25, -0.2) is 0 Å². The fourth-order valence-electron chi connectivity index (χ4n) is 0.503. The number of hydrogen-bond donors (Lipinski definition) is 1. The predicted octanol–water partition coefficient (Wildman–Crippen LogP) is 1.53. The van der Waals surface area contributed by atoms with Crippen LogP contribution >= 0.6 is 12.2 Å². The third-order valence-electron chi connectivity index (χ3n) is 0.919. The van der Waals surface area contributed by atoms with Gasteiger partial charge >= 0.3 is 0 Å². The van der Waals surface area contributed by atoms with Gasteiger partial charge in [0.1, 0.15) is 4.99 Å². The summed E-state index contributed by atoms with van der Waals surface area (Å²) in [6, 6.07) is 0. The van der Waals surface area contributed by atoms with E-state index in [1.54, 1.807) is 13.3 Å². The maximum absolute atomic E-state index is 4.88. The van der Waals surface area contributed by atoms with Crippen molar-refractivity contribution in [3.05, 3.63) is 11.8 Å². The van der Waals surface area contributed by atoms with Crippen LogP contribution in [-0.4, -0.2) is 18.3 Å². The predicted molar refractivity (Wildman–Crippen MR) is 49.6 cm³/mol. The van der Waals surface area contributed by atoms with Crippen molar-refractivity contribution in [2.75, 3.05) is 7.05 Å². The molecule has 0 aliphatic rings. The van der Waals surface area contributed by atoms with E-state index in [0.717, 1.165) is 5.70 Å². The lowest BCUT2D eigenvalue weighted by Gasteiger charge is -1.94. The van der Waals surface area contributed by atoms with Gasteiger partial charge in [-0.3, -0.25) is 4.99 Å². The third-order valence-corrected chi connectivity index (χ3v) is 1.24. The SMILES string of the molecule is CC=N/C(C)=C\C(=S)NC. The molecule has 0 spiro atoms. The Labute approximate surface area is 67.0 Å². The van der Waals surface area contributed by atoms with Gasteiger partial charge in [0.25, 0.3) is 0 Å². The molecular weight excluding hydrogens is 144 g/mol. The highest BCUT2D eigenvalue weighted by molar-refractivity contribution is 7.80.